The zero-order chi connectivity index (χ0) is 12.4. The zero-order valence-corrected chi connectivity index (χ0v) is 10.2. The second-order valence-corrected chi connectivity index (χ2v) is 4.33. The number of hydrogen-bond acceptors (Lipinski definition) is 4. The molecule has 3 N–H and O–H groups in total. The van der Waals surface area contributed by atoms with Crippen LogP contribution in [0.1, 0.15) is 31.0 Å². The summed E-state index contributed by atoms with van der Waals surface area (Å²) < 4.78 is 0. The topological polar surface area (TPSA) is 74.7 Å². The second kappa shape index (κ2) is 4.61. The second-order valence-electron chi connectivity index (χ2n) is 4.33. The van der Waals surface area contributed by atoms with Crippen LogP contribution >= 0.6 is 0 Å². The molecule has 5 heteroatoms. The van der Waals surface area contributed by atoms with E-state index >= 15 is 0 Å². The van der Waals surface area contributed by atoms with Crippen LogP contribution < -0.4 is 10.6 Å². The fourth-order valence-electron chi connectivity index (χ4n) is 1.98. The summed E-state index contributed by atoms with van der Waals surface area (Å²) in [5, 5.41) is 11.9. The van der Waals surface area contributed by atoms with Gasteiger partial charge in [-0.05, 0) is 38.8 Å². The monoisotopic (exact) mass is 234 g/mol. The smallest absolute Gasteiger partial charge is 0.173 e. The summed E-state index contributed by atoms with van der Waals surface area (Å²) >= 11 is 0. The minimum absolute atomic E-state index is 0.117. The van der Waals surface area contributed by atoms with Gasteiger partial charge in [0.25, 0.3) is 0 Å². The molecule has 1 heterocycles. The standard InChI is InChI=1S/C12H18N4O/c1-3-16(9-5-6-9)12-10(11(13)15-17)7-4-8(2)14-12/h4,7,9,17H,3,5-6H2,1-2H3,(H2,13,15). The first-order valence-corrected chi connectivity index (χ1v) is 5.89. The van der Waals surface area contributed by atoms with Gasteiger partial charge in [-0.2, -0.15) is 0 Å². The highest BCUT2D eigenvalue weighted by Gasteiger charge is 2.30. The molecule has 0 bridgehead atoms. The van der Waals surface area contributed by atoms with Crippen molar-refractivity contribution in [2.75, 3.05) is 11.4 Å². The molecule has 0 radical (unpaired) electrons. The molecule has 0 saturated heterocycles. The molecule has 0 aromatic carbocycles. The molecule has 1 aromatic heterocycles. The lowest BCUT2D eigenvalue weighted by atomic mass is 10.2. The highest BCUT2D eigenvalue weighted by molar-refractivity contribution is 6.01. The molecule has 0 unspecified atom stereocenters. The molecule has 0 amide bonds. The van der Waals surface area contributed by atoms with Crippen LogP contribution in [0, 0.1) is 6.92 Å². The Hall–Kier alpha value is -1.78. The molecule has 0 aliphatic heterocycles. The summed E-state index contributed by atoms with van der Waals surface area (Å²) in [4.78, 5) is 6.75. The van der Waals surface area contributed by atoms with E-state index in [2.05, 4.69) is 22.0 Å². The molecule has 1 aliphatic carbocycles. The predicted octanol–water partition coefficient (Wildman–Crippen LogP) is 1.47. The number of oxime groups is 1. The summed E-state index contributed by atoms with van der Waals surface area (Å²) in [5.74, 6) is 0.942. The van der Waals surface area contributed by atoms with E-state index in [0.717, 1.165) is 18.1 Å². The van der Waals surface area contributed by atoms with E-state index < -0.39 is 0 Å². The van der Waals surface area contributed by atoms with E-state index in [1.54, 1.807) is 0 Å². The van der Waals surface area contributed by atoms with E-state index in [1.165, 1.54) is 12.8 Å². The van der Waals surface area contributed by atoms with Gasteiger partial charge in [-0.1, -0.05) is 5.16 Å². The van der Waals surface area contributed by atoms with Gasteiger partial charge in [0.1, 0.15) is 5.82 Å². The Balaban J connectivity index is 2.45. The van der Waals surface area contributed by atoms with Crippen molar-refractivity contribution in [1.82, 2.24) is 4.98 Å². The summed E-state index contributed by atoms with van der Waals surface area (Å²) in [6.07, 6.45) is 2.39. The van der Waals surface area contributed by atoms with Crippen LogP contribution in [0.5, 0.6) is 0 Å². The number of nitrogens with zero attached hydrogens (tertiary/aromatic N) is 3. The van der Waals surface area contributed by atoms with Crippen LogP contribution in [0.2, 0.25) is 0 Å². The SMILES string of the molecule is CCN(c1nc(C)ccc1C(N)=NO)C1CC1. The summed E-state index contributed by atoms with van der Waals surface area (Å²) in [6, 6.07) is 4.29. The lowest BCUT2D eigenvalue weighted by Gasteiger charge is -2.24. The van der Waals surface area contributed by atoms with Crippen LogP contribution in [-0.4, -0.2) is 28.6 Å². The quantitative estimate of drug-likeness (QED) is 0.358. The van der Waals surface area contributed by atoms with Crippen LogP contribution in [0.15, 0.2) is 17.3 Å². The summed E-state index contributed by atoms with van der Waals surface area (Å²) in [5.41, 5.74) is 7.33. The number of anilines is 1. The maximum atomic E-state index is 8.81. The first-order chi connectivity index (χ1) is 8.17. The van der Waals surface area contributed by atoms with Crippen LogP contribution in [0.4, 0.5) is 5.82 Å². The van der Waals surface area contributed by atoms with E-state index in [9.17, 15) is 0 Å². The van der Waals surface area contributed by atoms with E-state index in [1.807, 2.05) is 19.1 Å². The van der Waals surface area contributed by atoms with E-state index in [0.29, 0.717) is 11.6 Å². The van der Waals surface area contributed by atoms with Crippen molar-refractivity contribution in [3.8, 4) is 0 Å². The van der Waals surface area contributed by atoms with Gasteiger partial charge < -0.3 is 15.8 Å². The van der Waals surface area contributed by atoms with Crippen molar-refractivity contribution >= 4 is 11.7 Å². The van der Waals surface area contributed by atoms with Crippen molar-refractivity contribution in [2.24, 2.45) is 10.9 Å². The molecule has 5 nitrogen and oxygen atoms in total. The molecule has 0 spiro atoms. The minimum atomic E-state index is 0.117. The Bertz CT molecular complexity index is 440. The van der Waals surface area contributed by atoms with Gasteiger partial charge in [0, 0.05) is 18.3 Å². The Morgan fingerprint density at radius 2 is 2.29 bits per heavy atom. The highest BCUT2D eigenvalue weighted by atomic mass is 16.4. The van der Waals surface area contributed by atoms with Crippen molar-refractivity contribution in [2.45, 2.75) is 32.7 Å². The first kappa shape index (κ1) is 11.7. The Morgan fingerprint density at radius 3 is 2.82 bits per heavy atom. The number of aromatic nitrogens is 1. The van der Waals surface area contributed by atoms with Gasteiger partial charge in [-0.25, -0.2) is 4.98 Å². The average Bonchev–Trinajstić information content (AvgIpc) is 3.14. The molecule has 1 aromatic rings. The number of amidine groups is 1. The minimum Gasteiger partial charge on any atom is -0.409 e. The Morgan fingerprint density at radius 1 is 1.59 bits per heavy atom. The normalized spacial score (nSPS) is 16.0. The van der Waals surface area contributed by atoms with Gasteiger partial charge in [0.15, 0.2) is 5.84 Å². The number of nitrogens with two attached hydrogens (primary N) is 1. The van der Waals surface area contributed by atoms with Crippen LogP contribution in [0.3, 0.4) is 0 Å². The van der Waals surface area contributed by atoms with Crippen molar-refractivity contribution in [3.63, 3.8) is 0 Å². The molecule has 0 atom stereocenters. The molecular weight excluding hydrogens is 216 g/mol. The largest absolute Gasteiger partial charge is 0.409 e. The van der Waals surface area contributed by atoms with Gasteiger partial charge in [-0.15, -0.1) is 0 Å². The van der Waals surface area contributed by atoms with Gasteiger partial charge >= 0.3 is 0 Å². The van der Waals surface area contributed by atoms with Gasteiger partial charge in [0.2, 0.25) is 0 Å². The number of rotatable bonds is 4. The molecule has 17 heavy (non-hydrogen) atoms. The Labute approximate surface area is 101 Å². The maximum Gasteiger partial charge on any atom is 0.173 e. The fraction of sp³-hybridized carbons (Fsp3) is 0.500. The van der Waals surface area contributed by atoms with Crippen molar-refractivity contribution < 1.29 is 5.21 Å². The number of aryl methyl sites for hydroxylation is 1. The predicted molar refractivity (Wildman–Crippen MR) is 67.5 cm³/mol. The lowest BCUT2D eigenvalue weighted by molar-refractivity contribution is 0.318. The van der Waals surface area contributed by atoms with Gasteiger partial charge in [-0.3, -0.25) is 0 Å². The molecule has 92 valence electrons. The Kier molecular flexibility index (Phi) is 3.17. The molecule has 1 fully saturated rings. The average molecular weight is 234 g/mol. The third-order valence-corrected chi connectivity index (χ3v) is 3.00. The van der Waals surface area contributed by atoms with Gasteiger partial charge in [0.05, 0.1) is 5.56 Å². The third-order valence-electron chi connectivity index (χ3n) is 3.00. The molecular formula is C12H18N4O. The van der Waals surface area contributed by atoms with Crippen molar-refractivity contribution in [3.05, 3.63) is 23.4 Å². The number of hydrogen-bond donors (Lipinski definition) is 2. The van der Waals surface area contributed by atoms with Crippen LogP contribution in [0.25, 0.3) is 0 Å². The van der Waals surface area contributed by atoms with Crippen LogP contribution in [-0.2, 0) is 0 Å². The van der Waals surface area contributed by atoms with Crippen molar-refractivity contribution in [1.29, 1.82) is 0 Å². The summed E-state index contributed by atoms with van der Waals surface area (Å²) in [6.45, 7) is 4.92. The molecule has 2 rings (SSSR count). The first-order valence-electron chi connectivity index (χ1n) is 5.89. The van der Waals surface area contributed by atoms with E-state index in [-0.39, 0.29) is 5.84 Å². The molecule has 1 aliphatic rings. The highest BCUT2D eigenvalue weighted by Crippen LogP contribution is 2.32. The lowest BCUT2D eigenvalue weighted by Crippen LogP contribution is -2.29. The zero-order valence-electron chi connectivity index (χ0n) is 10.2. The number of pyridine rings is 1. The fourth-order valence-corrected chi connectivity index (χ4v) is 1.98. The van der Waals surface area contributed by atoms with E-state index in [4.69, 9.17) is 10.9 Å². The third kappa shape index (κ3) is 2.33. The maximum absolute atomic E-state index is 8.81. The molecule has 1 saturated carbocycles. The summed E-state index contributed by atoms with van der Waals surface area (Å²) in [7, 11) is 0.